The molecule has 0 atom stereocenters. The van der Waals surface area contributed by atoms with Gasteiger partial charge in [0.1, 0.15) is 5.01 Å². The Morgan fingerprint density at radius 3 is 2.64 bits per heavy atom. The van der Waals surface area contributed by atoms with Gasteiger partial charge in [-0.15, -0.1) is 11.3 Å². The van der Waals surface area contributed by atoms with Gasteiger partial charge in [-0.2, -0.15) is 4.98 Å². The molecule has 3 aromatic heterocycles. The van der Waals surface area contributed by atoms with Crippen molar-refractivity contribution in [3.8, 4) is 33.7 Å². The van der Waals surface area contributed by atoms with Crippen molar-refractivity contribution >= 4 is 11.3 Å². The maximum Gasteiger partial charge on any atom is 0.319 e. The molecule has 7 heteroatoms. The first-order valence-corrected chi connectivity index (χ1v) is 7.42. The topological polar surface area (TPSA) is 70.0 Å². The number of methoxy groups -OCH3 is 2. The first-order valence-electron chi connectivity index (χ1n) is 6.55. The van der Waals surface area contributed by atoms with Crippen molar-refractivity contribution in [3.63, 3.8) is 0 Å². The molecule has 0 amide bonds. The van der Waals surface area contributed by atoms with Crippen LogP contribution in [-0.2, 0) is 0 Å². The van der Waals surface area contributed by atoms with Crippen LogP contribution in [0.1, 0.15) is 5.56 Å². The van der Waals surface area contributed by atoms with Crippen LogP contribution in [0.2, 0.25) is 0 Å². The van der Waals surface area contributed by atoms with E-state index < -0.39 is 0 Å². The van der Waals surface area contributed by atoms with E-state index in [4.69, 9.17) is 9.47 Å². The zero-order valence-electron chi connectivity index (χ0n) is 12.4. The summed E-state index contributed by atoms with van der Waals surface area (Å²) in [5, 5.41) is 2.78. The van der Waals surface area contributed by atoms with E-state index in [2.05, 4.69) is 19.9 Å². The van der Waals surface area contributed by atoms with Gasteiger partial charge in [-0.3, -0.25) is 4.98 Å². The zero-order chi connectivity index (χ0) is 15.5. The summed E-state index contributed by atoms with van der Waals surface area (Å²) in [6.45, 7) is 2.03. The monoisotopic (exact) mass is 314 g/mol. The van der Waals surface area contributed by atoms with E-state index in [9.17, 15) is 0 Å². The SMILES string of the molecule is COc1ncc(-c2nc(-c3cnccc3C)cs2)c(OC)n1. The largest absolute Gasteiger partial charge is 0.480 e. The number of aromatic nitrogens is 4. The fourth-order valence-corrected chi connectivity index (χ4v) is 2.83. The van der Waals surface area contributed by atoms with Gasteiger partial charge in [0.15, 0.2) is 0 Å². The highest BCUT2D eigenvalue weighted by Gasteiger charge is 2.15. The number of rotatable bonds is 4. The fraction of sp³-hybridized carbons (Fsp3) is 0.200. The number of thiazole rings is 1. The third-order valence-electron chi connectivity index (χ3n) is 3.16. The van der Waals surface area contributed by atoms with Gasteiger partial charge in [0.2, 0.25) is 5.88 Å². The number of ether oxygens (including phenoxy) is 2. The molecule has 0 radical (unpaired) electrons. The Bertz CT molecular complexity index is 804. The Labute approximate surface area is 131 Å². The molecular formula is C15H14N4O2S. The molecule has 0 aliphatic carbocycles. The lowest BCUT2D eigenvalue weighted by atomic mass is 10.1. The van der Waals surface area contributed by atoms with Crippen LogP contribution in [0, 0.1) is 6.92 Å². The summed E-state index contributed by atoms with van der Waals surface area (Å²) in [7, 11) is 3.08. The minimum atomic E-state index is 0.264. The van der Waals surface area contributed by atoms with Crippen molar-refractivity contribution in [1.82, 2.24) is 19.9 Å². The predicted octanol–water partition coefficient (Wildman–Crippen LogP) is 2.99. The summed E-state index contributed by atoms with van der Waals surface area (Å²) >= 11 is 1.51. The summed E-state index contributed by atoms with van der Waals surface area (Å²) in [5.74, 6) is 0.440. The van der Waals surface area contributed by atoms with Crippen molar-refractivity contribution in [3.05, 3.63) is 35.6 Å². The van der Waals surface area contributed by atoms with Crippen molar-refractivity contribution in [2.45, 2.75) is 6.92 Å². The molecule has 6 nitrogen and oxygen atoms in total. The fourth-order valence-electron chi connectivity index (χ4n) is 2.00. The van der Waals surface area contributed by atoms with Crippen LogP contribution in [0.25, 0.3) is 21.8 Å². The average molecular weight is 314 g/mol. The summed E-state index contributed by atoms with van der Waals surface area (Å²) < 4.78 is 10.3. The Morgan fingerprint density at radius 2 is 1.91 bits per heavy atom. The van der Waals surface area contributed by atoms with E-state index in [1.54, 1.807) is 19.5 Å². The van der Waals surface area contributed by atoms with Gasteiger partial charge < -0.3 is 9.47 Å². The molecule has 0 aliphatic rings. The molecule has 112 valence electrons. The number of hydrogen-bond acceptors (Lipinski definition) is 7. The second-order valence-electron chi connectivity index (χ2n) is 4.51. The number of pyridine rings is 1. The van der Waals surface area contributed by atoms with Crippen LogP contribution in [-0.4, -0.2) is 34.2 Å². The quantitative estimate of drug-likeness (QED) is 0.737. The average Bonchev–Trinajstić information content (AvgIpc) is 3.04. The number of aryl methyl sites for hydroxylation is 1. The van der Waals surface area contributed by atoms with E-state index in [0.29, 0.717) is 5.88 Å². The molecule has 0 aromatic carbocycles. The molecule has 0 saturated heterocycles. The van der Waals surface area contributed by atoms with Crippen molar-refractivity contribution in [2.24, 2.45) is 0 Å². The molecule has 0 saturated carbocycles. The van der Waals surface area contributed by atoms with Gasteiger partial charge in [-0.05, 0) is 18.6 Å². The molecule has 22 heavy (non-hydrogen) atoms. The number of nitrogens with zero attached hydrogens (tertiary/aromatic N) is 4. The lowest BCUT2D eigenvalue weighted by Gasteiger charge is -2.05. The Morgan fingerprint density at radius 1 is 1.05 bits per heavy atom. The van der Waals surface area contributed by atoms with E-state index >= 15 is 0 Å². The standard InChI is InChI=1S/C15H14N4O2S/c1-9-4-5-16-6-10(9)12-8-22-14(18-12)11-7-17-15(21-3)19-13(11)20-2/h4-8H,1-3H3. The van der Waals surface area contributed by atoms with Gasteiger partial charge in [-0.25, -0.2) is 9.97 Å². The first-order chi connectivity index (χ1) is 10.7. The normalized spacial score (nSPS) is 10.5. The molecule has 0 bridgehead atoms. The third-order valence-corrected chi connectivity index (χ3v) is 4.03. The summed E-state index contributed by atoms with van der Waals surface area (Å²) in [6, 6.07) is 2.23. The molecule has 0 unspecified atom stereocenters. The molecule has 3 rings (SSSR count). The minimum Gasteiger partial charge on any atom is -0.480 e. The first kappa shape index (κ1) is 14.4. The van der Waals surface area contributed by atoms with Crippen molar-refractivity contribution < 1.29 is 9.47 Å². The van der Waals surface area contributed by atoms with Crippen molar-refractivity contribution in [2.75, 3.05) is 14.2 Å². The summed E-state index contributed by atoms with van der Waals surface area (Å²) in [4.78, 5) is 17.1. The van der Waals surface area contributed by atoms with E-state index in [-0.39, 0.29) is 6.01 Å². The van der Waals surface area contributed by atoms with Crippen LogP contribution in [0.15, 0.2) is 30.0 Å². The van der Waals surface area contributed by atoms with Crippen LogP contribution in [0.3, 0.4) is 0 Å². The highest BCUT2D eigenvalue weighted by Crippen LogP contribution is 2.34. The van der Waals surface area contributed by atoms with Gasteiger partial charge >= 0.3 is 6.01 Å². The highest BCUT2D eigenvalue weighted by molar-refractivity contribution is 7.13. The van der Waals surface area contributed by atoms with Gasteiger partial charge in [-0.1, -0.05) is 0 Å². The van der Waals surface area contributed by atoms with E-state index in [1.807, 2.05) is 24.6 Å². The van der Waals surface area contributed by atoms with Gasteiger partial charge in [0, 0.05) is 29.5 Å². The molecule has 0 aliphatic heterocycles. The molecular weight excluding hydrogens is 300 g/mol. The van der Waals surface area contributed by atoms with E-state index in [1.165, 1.54) is 18.4 Å². The van der Waals surface area contributed by atoms with Crippen LogP contribution in [0.5, 0.6) is 11.9 Å². The minimum absolute atomic E-state index is 0.264. The van der Waals surface area contributed by atoms with Crippen LogP contribution < -0.4 is 9.47 Å². The maximum absolute atomic E-state index is 5.30. The Hall–Kier alpha value is -2.54. The maximum atomic E-state index is 5.30. The predicted molar refractivity (Wildman–Crippen MR) is 84.2 cm³/mol. The van der Waals surface area contributed by atoms with Gasteiger partial charge in [0.05, 0.1) is 25.5 Å². The zero-order valence-corrected chi connectivity index (χ0v) is 13.2. The third kappa shape index (κ3) is 2.62. The van der Waals surface area contributed by atoms with Crippen LogP contribution >= 0.6 is 11.3 Å². The number of hydrogen-bond donors (Lipinski definition) is 0. The molecule has 3 aromatic rings. The second kappa shape index (κ2) is 6.07. The second-order valence-corrected chi connectivity index (χ2v) is 5.37. The smallest absolute Gasteiger partial charge is 0.319 e. The Kier molecular flexibility index (Phi) is 3.97. The summed E-state index contributed by atoms with van der Waals surface area (Å²) in [6.07, 6.45) is 5.24. The molecule has 0 fully saturated rings. The highest BCUT2D eigenvalue weighted by atomic mass is 32.1. The molecule has 3 heterocycles. The van der Waals surface area contributed by atoms with E-state index in [0.717, 1.165) is 27.4 Å². The van der Waals surface area contributed by atoms with Crippen LogP contribution in [0.4, 0.5) is 0 Å². The lowest BCUT2D eigenvalue weighted by Crippen LogP contribution is -1.97. The Balaban J connectivity index is 2.03. The molecule has 0 N–H and O–H groups in total. The van der Waals surface area contributed by atoms with Gasteiger partial charge in [0.25, 0.3) is 0 Å². The van der Waals surface area contributed by atoms with Crippen molar-refractivity contribution in [1.29, 1.82) is 0 Å². The lowest BCUT2D eigenvalue weighted by molar-refractivity contribution is 0.353. The summed E-state index contributed by atoms with van der Waals surface area (Å²) in [5.41, 5.74) is 3.76. The molecule has 0 spiro atoms.